The van der Waals surface area contributed by atoms with Crippen molar-refractivity contribution >= 4 is 17.7 Å². The van der Waals surface area contributed by atoms with E-state index >= 15 is 0 Å². The van der Waals surface area contributed by atoms with Crippen LogP contribution in [0.5, 0.6) is 11.5 Å². The lowest BCUT2D eigenvalue weighted by atomic mass is 10.2. The predicted molar refractivity (Wildman–Crippen MR) is 94.0 cm³/mol. The summed E-state index contributed by atoms with van der Waals surface area (Å²) in [6, 6.07) is 16.3. The van der Waals surface area contributed by atoms with Gasteiger partial charge in [0.1, 0.15) is 23.1 Å². The highest BCUT2D eigenvalue weighted by Gasteiger charge is 2.07. The van der Waals surface area contributed by atoms with Crippen molar-refractivity contribution in [3.8, 4) is 11.5 Å². The van der Waals surface area contributed by atoms with Crippen molar-refractivity contribution in [2.24, 2.45) is 0 Å². The van der Waals surface area contributed by atoms with Crippen LogP contribution in [0.25, 0.3) is 6.08 Å². The van der Waals surface area contributed by atoms with Crippen LogP contribution in [0.15, 0.2) is 71.2 Å². The molecule has 5 heteroatoms. The summed E-state index contributed by atoms with van der Waals surface area (Å²) in [5, 5.41) is 2.74. The molecule has 25 heavy (non-hydrogen) atoms. The van der Waals surface area contributed by atoms with E-state index in [4.69, 9.17) is 9.15 Å². The fourth-order valence-corrected chi connectivity index (χ4v) is 2.19. The normalized spacial score (nSPS) is 10.8. The van der Waals surface area contributed by atoms with E-state index in [0.717, 1.165) is 5.76 Å². The second kappa shape index (κ2) is 7.49. The summed E-state index contributed by atoms with van der Waals surface area (Å²) in [5.74, 6) is 1.41. The van der Waals surface area contributed by atoms with Gasteiger partial charge < -0.3 is 14.5 Å². The zero-order valence-electron chi connectivity index (χ0n) is 13.5. The van der Waals surface area contributed by atoms with E-state index in [1.807, 2.05) is 13.0 Å². The number of carbonyl (C=O) groups excluding carboxylic acids is 1. The molecule has 3 rings (SSSR count). The molecular weight excluding hydrogens is 321 g/mol. The Labute approximate surface area is 144 Å². The summed E-state index contributed by atoms with van der Waals surface area (Å²) in [4.78, 5) is 12.1. The molecule has 0 atom stereocenters. The first-order chi connectivity index (χ1) is 12.1. The van der Waals surface area contributed by atoms with Crippen LogP contribution in [-0.4, -0.2) is 5.91 Å². The van der Waals surface area contributed by atoms with E-state index < -0.39 is 5.82 Å². The van der Waals surface area contributed by atoms with Gasteiger partial charge in [-0.2, -0.15) is 0 Å². The number of furan rings is 1. The molecule has 2 aromatic carbocycles. The molecule has 4 nitrogen and oxygen atoms in total. The van der Waals surface area contributed by atoms with E-state index in [1.54, 1.807) is 48.5 Å². The Bertz CT molecular complexity index is 915. The molecule has 0 spiro atoms. The molecule has 0 aliphatic rings. The molecule has 0 bridgehead atoms. The van der Waals surface area contributed by atoms with Crippen molar-refractivity contribution in [1.82, 2.24) is 0 Å². The molecule has 1 N–H and O–H groups in total. The third-order valence-corrected chi connectivity index (χ3v) is 3.33. The molecule has 1 heterocycles. The highest BCUT2D eigenvalue weighted by molar-refractivity contribution is 6.02. The third-order valence-electron chi connectivity index (χ3n) is 3.33. The maximum atomic E-state index is 13.3. The lowest BCUT2D eigenvalue weighted by Gasteiger charge is -2.11. The maximum Gasteiger partial charge on any atom is 0.248 e. The Morgan fingerprint density at radius 1 is 1.12 bits per heavy atom. The highest BCUT2D eigenvalue weighted by Crippen LogP contribution is 2.29. The number of nitrogens with one attached hydrogen (secondary N) is 1. The van der Waals surface area contributed by atoms with Gasteiger partial charge in [0.15, 0.2) is 5.75 Å². The van der Waals surface area contributed by atoms with Gasteiger partial charge in [-0.05, 0) is 49.4 Å². The molecule has 3 aromatic rings. The monoisotopic (exact) mass is 337 g/mol. The Morgan fingerprint density at radius 2 is 1.96 bits per heavy atom. The first-order valence-electron chi connectivity index (χ1n) is 7.68. The minimum absolute atomic E-state index is 0.329. The van der Waals surface area contributed by atoms with E-state index in [0.29, 0.717) is 22.9 Å². The van der Waals surface area contributed by atoms with Gasteiger partial charge in [0.25, 0.3) is 0 Å². The quantitative estimate of drug-likeness (QED) is 0.653. The molecule has 0 aliphatic carbocycles. The first-order valence-corrected chi connectivity index (χ1v) is 7.68. The van der Waals surface area contributed by atoms with Crippen LogP contribution in [0.3, 0.4) is 0 Å². The summed E-state index contributed by atoms with van der Waals surface area (Å²) >= 11 is 0. The minimum atomic E-state index is -0.393. The summed E-state index contributed by atoms with van der Waals surface area (Å²) < 4.78 is 24.3. The molecular formula is C20H16FNO3. The molecule has 0 radical (unpaired) electrons. The number of hydrogen-bond donors (Lipinski definition) is 1. The average molecular weight is 337 g/mol. The fourth-order valence-electron chi connectivity index (χ4n) is 2.19. The Morgan fingerprint density at radius 3 is 2.72 bits per heavy atom. The number of anilines is 1. The molecule has 0 fully saturated rings. The topological polar surface area (TPSA) is 51.5 Å². The minimum Gasteiger partial charge on any atom is -0.462 e. The van der Waals surface area contributed by atoms with Crippen molar-refractivity contribution in [2.45, 2.75) is 6.92 Å². The number of ether oxygens (including phenoxy) is 1. The van der Waals surface area contributed by atoms with Crippen molar-refractivity contribution in [2.75, 3.05) is 5.32 Å². The van der Waals surface area contributed by atoms with Gasteiger partial charge in [0.05, 0.1) is 5.69 Å². The van der Waals surface area contributed by atoms with Crippen LogP contribution in [-0.2, 0) is 4.79 Å². The van der Waals surface area contributed by atoms with Crippen LogP contribution in [0, 0.1) is 12.7 Å². The molecule has 1 aromatic heterocycles. The Hall–Kier alpha value is -3.34. The van der Waals surface area contributed by atoms with Gasteiger partial charge in [0.2, 0.25) is 5.91 Å². The number of carbonyl (C=O) groups is 1. The zero-order valence-corrected chi connectivity index (χ0v) is 13.5. The smallest absolute Gasteiger partial charge is 0.248 e. The van der Waals surface area contributed by atoms with E-state index in [9.17, 15) is 9.18 Å². The third kappa shape index (κ3) is 4.57. The van der Waals surface area contributed by atoms with E-state index in [1.165, 1.54) is 18.2 Å². The van der Waals surface area contributed by atoms with Gasteiger partial charge in [-0.15, -0.1) is 0 Å². The first kappa shape index (κ1) is 16.5. The Kier molecular flexibility index (Phi) is 4.95. The molecule has 0 aliphatic heterocycles. The number of para-hydroxylation sites is 2. The number of halogens is 1. The maximum absolute atomic E-state index is 13.3. The van der Waals surface area contributed by atoms with Crippen LogP contribution in [0.4, 0.5) is 10.1 Å². The standard InChI is InChI=1S/C20H16FNO3/c1-14-9-10-16(24-14)11-12-20(23)22-18-7-2-3-8-19(18)25-17-6-4-5-15(21)13-17/h2-13H,1H3,(H,22,23)/b12-11+. The molecule has 0 unspecified atom stereocenters. The number of amides is 1. The van der Waals surface area contributed by atoms with Crippen molar-refractivity contribution in [3.05, 3.63) is 84.1 Å². The largest absolute Gasteiger partial charge is 0.462 e. The van der Waals surface area contributed by atoms with Gasteiger partial charge in [-0.3, -0.25) is 4.79 Å². The predicted octanol–water partition coefficient (Wildman–Crippen LogP) is 5.17. The van der Waals surface area contributed by atoms with Crippen molar-refractivity contribution < 1.29 is 18.3 Å². The van der Waals surface area contributed by atoms with Crippen LogP contribution >= 0.6 is 0 Å². The van der Waals surface area contributed by atoms with Crippen LogP contribution in [0.2, 0.25) is 0 Å². The average Bonchev–Trinajstić information content (AvgIpc) is 3.00. The number of rotatable bonds is 5. The summed E-state index contributed by atoms with van der Waals surface area (Å²) in [7, 11) is 0. The van der Waals surface area contributed by atoms with Crippen LogP contribution < -0.4 is 10.1 Å². The zero-order chi connectivity index (χ0) is 17.6. The molecule has 0 saturated heterocycles. The van der Waals surface area contributed by atoms with Gasteiger partial charge in [-0.25, -0.2) is 4.39 Å². The van der Waals surface area contributed by atoms with Gasteiger partial charge in [-0.1, -0.05) is 18.2 Å². The SMILES string of the molecule is Cc1ccc(/C=C/C(=O)Nc2ccccc2Oc2cccc(F)c2)o1. The number of aryl methyl sites for hydroxylation is 1. The highest BCUT2D eigenvalue weighted by atomic mass is 19.1. The van der Waals surface area contributed by atoms with E-state index in [2.05, 4.69) is 5.32 Å². The molecule has 126 valence electrons. The van der Waals surface area contributed by atoms with Crippen LogP contribution in [0.1, 0.15) is 11.5 Å². The molecule has 0 saturated carbocycles. The number of benzene rings is 2. The van der Waals surface area contributed by atoms with Gasteiger partial charge in [0, 0.05) is 12.1 Å². The fraction of sp³-hybridized carbons (Fsp3) is 0.0500. The summed E-state index contributed by atoms with van der Waals surface area (Å²) in [6.07, 6.45) is 2.95. The summed E-state index contributed by atoms with van der Waals surface area (Å²) in [5.41, 5.74) is 0.483. The Balaban J connectivity index is 1.72. The lowest BCUT2D eigenvalue weighted by Crippen LogP contribution is -2.08. The number of hydrogen-bond acceptors (Lipinski definition) is 3. The second-order valence-corrected chi connectivity index (χ2v) is 5.33. The summed E-state index contributed by atoms with van der Waals surface area (Å²) in [6.45, 7) is 1.83. The lowest BCUT2D eigenvalue weighted by molar-refractivity contribution is -0.111. The van der Waals surface area contributed by atoms with Crippen molar-refractivity contribution in [1.29, 1.82) is 0 Å². The second-order valence-electron chi connectivity index (χ2n) is 5.33. The van der Waals surface area contributed by atoms with Gasteiger partial charge >= 0.3 is 0 Å². The van der Waals surface area contributed by atoms with Crippen molar-refractivity contribution in [3.63, 3.8) is 0 Å². The molecule has 1 amide bonds. The van der Waals surface area contributed by atoms with E-state index in [-0.39, 0.29) is 5.91 Å².